The molecular weight excluding hydrogens is 458 g/mol. The first kappa shape index (κ1) is 25.1. The highest BCUT2D eigenvalue weighted by Gasteiger charge is 2.19. The largest absolute Gasteiger partial charge is 0.493 e. The van der Waals surface area contributed by atoms with Gasteiger partial charge in [0.1, 0.15) is 0 Å². The third-order valence-corrected chi connectivity index (χ3v) is 5.73. The van der Waals surface area contributed by atoms with E-state index in [1.807, 2.05) is 12.1 Å². The van der Waals surface area contributed by atoms with Crippen LogP contribution in [0.3, 0.4) is 0 Å². The molecule has 0 bridgehead atoms. The van der Waals surface area contributed by atoms with Crippen LogP contribution in [0, 0.1) is 0 Å². The van der Waals surface area contributed by atoms with Crippen molar-refractivity contribution in [2.75, 3.05) is 27.1 Å². The summed E-state index contributed by atoms with van der Waals surface area (Å²) in [4.78, 5) is 24.6. The van der Waals surface area contributed by atoms with Crippen molar-refractivity contribution in [3.63, 3.8) is 0 Å². The summed E-state index contributed by atoms with van der Waals surface area (Å²) in [7, 11) is 4.53. The highest BCUT2D eigenvalue weighted by Crippen LogP contribution is 2.41. The number of methoxy groups -OCH3 is 3. The lowest BCUT2D eigenvalue weighted by atomic mass is 9.87. The van der Waals surface area contributed by atoms with E-state index in [1.54, 1.807) is 24.3 Å². The number of hydrogen-bond acceptors (Lipinski definition) is 9. The van der Waals surface area contributed by atoms with Crippen molar-refractivity contribution in [3.05, 3.63) is 47.5 Å². The van der Waals surface area contributed by atoms with Crippen LogP contribution in [-0.4, -0.2) is 49.1 Å². The number of nitrogens with zero attached hydrogens (tertiary/aromatic N) is 2. The predicted octanol–water partition coefficient (Wildman–Crippen LogP) is 4.11. The maximum Gasteiger partial charge on any atom is 0.277 e. The topological polar surface area (TPSA) is 113 Å². The Morgan fingerprint density at radius 3 is 2.12 bits per heavy atom. The minimum Gasteiger partial charge on any atom is -0.493 e. The molecule has 0 aliphatic heterocycles. The van der Waals surface area contributed by atoms with Crippen molar-refractivity contribution < 1.29 is 28.2 Å². The van der Waals surface area contributed by atoms with Crippen molar-refractivity contribution >= 4 is 23.6 Å². The van der Waals surface area contributed by atoms with Crippen LogP contribution in [0.5, 0.6) is 17.2 Å². The zero-order valence-corrected chi connectivity index (χ0v) is 20.7. The van der Waals surface area contributed by atoms with Crippen LogP contribution in [0.2, 0.25) is 0 Å². The van der Waals surface area contributed by atoms with E-state index in [1.165, 1.54) is 21.3 Å². The molecule has 3 rings (SSSR count). The normalized spacial score (nSPS) is 11.1. The number of aromatic nitrogens is 2. The zero-order chi connectivity index (χ0) is 24.9. The van der Waals surface area contributed by atoms with Crippen LogP contribution >= 0.6 is 11.8 Å². The molecule has 2 aromatic carbocycles. The van der Waals surface area contributed by atoms with Gasteiger partial charge in [0.25, 0.3) is 11.1 Å². The van der Waals surface area contributed by atoms with Gasteiger partial charge in [0.2, 0.25) is 17.5 Å². The first-order chi connectivity index (χ1) is 16.2. The average molecular weight is 486 g/mol. The number of benzene rings is 2. The van der Waals surface area contributed by atoms with Gasteiger partial charge in [0, 0.05) is 11.1 Å². The third kappa shape index (κ3) is 5.88. The summed E-state index contributed by atoms with van der Waals surface area (Å²) in [5.74, 6) is 0.546. The van der Waals surface area contributed by atoms with Gasteiger partial charge in [-0.2, -0.15) is 0 Å². The fraction of sp³-hybridized carbons (Fsp3) is 0.333. The Morgan fingerprint density at radius 1 is 0.971 bits per heavy atom. The molecule has 0 saturated heterocycles. The molecule has 10 heteroatoms. The maximum atomic E-state index is 12.4. The number of imide groups is 1. The summed E-state index contributed by atoms with van der Waals surface area (Å²) < 4.78 is 21.6. The van der Waals surface area contributed by atoms with E-state index in [2.05, 4.69) is 36.3 Å². The van der Waals surface area contributed by atoms with E-state index in [0.717, 1.165) is 17.3 Å². The number of carbonyl (C=O) groups is 2. The Balaban J connectivity index is 1.62. The molecule has 34 heavy (non-hydrogen) atoms. The van der Waals surface area contributed by atoms with Crippen LogP contribution in [0.25, 0.3) is 11.5 Å². The Morgan fingerprint density at radius 2 is 1.59 bits per heavy atom. The number of thioether (sulfide) groups is 1. The maximum absolute atomic E-state index is 12.4. The lowest BCUT2D eigenvalue weighted by Gasteiger charge is -2.18. The molecule has 9 nitrogen and oxygen atoms in total. The van der Waals surface area contributed by atoms with Crippen molar-refractivity contribution in [3.8, 4) is 28.7 Å². The minimum atomic E-state index is -0.470. The molecule has 0 atom stereocenters. The van der Waals surface area contributed by atoms with Gasteiger partial charge in [-0.15, -0.1) is 10.2 Å². The van der Waals surface area contributed by atoms with Crippen LogP contribution in [0.15, 0.2) is 46.0 Å². The van der Waals surface area contributed by atoms with Crippen LogP contribution in [-0.2, 0) is 10.2 Å². The number of carbonyl (C=O) groups excluding carboxylic acids is 2. The molecule has 0 spiro atoms. The lowest BCUT2D eigenvalue weighted by molar-refractivity contribution is -0.117. The summed E-state index contributed by atoms with van der Waals surface area (Å²) in [6.07, 6.45) is 0. The van der Waals surface area contributed by atoms with Crippen molar-refractivity contribution in [1.82, 2.24) is 15.5 Å². The highest BCUT2D eigenvalue weighted by atomic mass is 32.2. The second-order valence-corrected chi connectivity index (χ2v) is 9.21. The molecule has 0 unspecified atom stereocenters. The average Bonchev–Trinajstić information content (AvgIpc) is 3.30. The van der Waals surface area contributed by atoms with Crippen molar-refractivity contribution in [2.45, 2.75) is 31.4 Å². The fourth-order valence-electron chi connectivity index (χ4n) is 3.07. The SMILES string of the molecule is COc1cc(-c2nnc(SCC(=O)NC(=O)c3ccc(C(C)(C)C)cc3)o2)cc(OC)c1OC. The second kappa shape index (κ2) is 10.6. The van der Waals surface area contributed by atoms with Crippen molar-refractivity contribution in [1.29, 1.82) is 0 Å². The standard InChI is InChI=1S/C24H27N3O6S/c1-24(2,3)16-9-7-14(8-10-16)21(29)25-19(28)13-34-23-27-26-22(33-23)15-11-17(30-4)20(32-6)18(12-15)31-5/h7-12H,13H2,1-6H3,(H,25,28,29). The lowest BCUT2D eigenvalue weighted by Crippen LogP contribution is -2.31. The Kier molecular flexibility index (Phi) is 7.83. The molecule has 1 heterocycles. The van der Waals surface area contributed by atoms with Crippen LogP contribution in [0.1, 0.15) is 36.7 Å². The molecule has 1 N–H and O–H groups in total. The highest BCUT2D eigenvalue weighted by molar-refractivity contribution is 7.99. The van der Waals surface area contributed by atoms with E-state index in [0.29, 0.717) is 28.4 Å². The predicted molar refractivity (Wildman–Crippen MR) is 128 cm³/mol. The van der Waals surface area contributed by atoms with Crippen LogP contribution < -0.4 is 19.5 Å². The summed E-state index contributed by atoms with van der Waals surface area (Å²) in [6.45, 7) is 6.27. The van der Waals surface area contributed by atoms with Gasteiger partial charge in [-0.1, -0.05) is 44.7 Å². The summed E-state index contributed by atoms with van der Waals surface area (Å²) in [5, 5.41) is 10.5. The fourth-order valence-corrected chi connectivity index (χ4v) is 3.64. The molecule has 0 saturated carbocycles. The third-order valence-electron chi connectivity index (χ3n) is 4.91. The van der Waals surface area contributed by atoms with Crippen LogP contribution in [0.4, 0.5) is 0 Å². The van der Waals surface area contributed by atoms with Crippen molar-refractivity contribution in [2.24, 2.45) is 0 Å². The minimum absolute atomic E-state index is 0.0214. The molecule has 180 valence electrons. The molecule has 0 aliphatic rings. The van der Waals surface area contributed by atoms with E-state index < -0.39 is 11.8 Å². The monoisotopic (exact) mass is 485 g/mol. The van der Waals surface area contributed by atoms with Gasteiger partial charge in [-0.3, -0.25) is 14.9 Å². The van der Waals surface area contributed by atoms with Gasteiger partial charge < -0.3 is 18.6 Å². The van der Waals surface area contributed by atoms with E-state index in [-0.39, 0.29) is 22.3 Å². The van der Waals surface area contributed by atoms with E-state index in [9.17, 15) is 9.59 Å². The number of rotatable bonds is 8. The Labute approximate surface area is 202 Å². The second-order valence-electron chi connectivity index (χ2n) is 8.28. The summed E-state index contributed by atoms with van der Waals surface area (Å²) in [6, 6.07) is 10.5. The Hall–Kier alpha value is -3.53. The van der Waals surface area contributed by atoms with E-state index >= 15 is 0 Å². The molecule has 0 radical (unpaired) electrons. The van der Waals surface area contributed by atoms with Gasteiger partial charge >= 0.3 is 0 Å². The smallest absolute Gasteiger partial charge is 0.277 e. The quantitative estimate of drug-likeness (QED) is 0.471. The summed E-state index contributed by atoms with van der Waals surface area (Å²) >= 11 is 1.02. The summed E-state index contributed by atoms with van der Waals surface area (Å²) in [5.41, 5.74) is 2.05. The number of ether oxygens (including phenoxy) is 3. The molecule has 1 aromatic heterocycles. The van der Waals surface area contributed by atoms with Gasteiger partial charge in [-0.05, 0) is 35.2 Å². The number of nitrogens with one attached hydrogen (secondary N) is 1. The van der Waals surface area contributed by atoms with Gasteiger partial charge in [0.15, 0.2) is 11.5 Å². The molecule has 3 aromatic rings. The molecule has 0 fully saturated rings. The van der Waals surface area contributed by atoms with Gasteiger partial charge in [0.05, 0.1) is 27.1 Å². The Bertz CT molecular complexity index is 1140. The molecule has 2 amide bonds. The zero-order valence-electron chi connectivity index (χ0n) is 19.9. The number of amides is 2. The molecular formula is C24H27N3O6S. The van der Waals surface area contributed by atoms with E-state index in [4.69, 9.17) is 18.6 Å². The van der Waals surface area contributed by atoms with Gasteiger partial charge in [-0.25, -0.2) is 0 Å². The first-order valence-electron chi connectivity index (χ1n) is 10.4. The molecule has 0 aliphatic carbocycles. The number of hydrogen-bond donors (Lipinski definition) is 1. The first-order valence-corrected chi connectivity index (χ1v) is 11.4.